The summed E-state index contributed by atoms with van der Waals surface area (Å²) in [6.45, 7) is 14.0. The molecule has 152 valence electrons. The van der Waals surface area contributed by atoms with Crippen molar-refractivity contribution in [1.29, 1.82) is 0 Å². The second kappa shape index (κ2) is 8.37. The first-order valence-electron chi connectivity index (χ1n) is 10.6. The minimum Gasteiger partial charge on any atom is -0.366 e. The Morgan fingerprint density at radius 3 is 2.28 bits per heavy atom. The van der Waals surface area contributed by atoms with E-state index in [1.54, 1.807) is 0 Å². The summed E-state index contributed by atoms with van der Waals surface area (Å²) in [7, 11) is 0. The maximum absolute atomic E-state index is 4.76. The van der Waals surface area contributed by atoms with Crippen LogP contribution in [0.4, 0.5) is 5.69 Å². The van der Waals surface area contributed by atoms with Gasteiger partial charge in [0.1, 0.15) is 0 Å². The standard InChI is InChI=1S/C24H31N5/c1-18(2)22-10-8-21(9-11-22)17-27-13-15-28(16-14-27)24-19(3)26-29(20(24)4)23-7-5-6-12-25-23/h5-12,18H,13-17H2,1-4H3. The van der Waals surface area contributed by atoms with E-state index < -0.39 is 0 Å². The summed E-state index contributed by atoms with van der Waals surface area (Å²) in [5.74, 6) is 1.47. The molecule has 1 aliphatic heterocycles. The Labute approximate surface area is 174 Å². The fourth-order valence-corrected chi connectivity index (χ4v) is 4.19. The summed E-state index contributed by atoms with van der Waals surface area (Å²) in [6.07, 6.45) is 1.82. The van der Waals surface area contributed by atoms with Crippen LogP contribution < -0.4 is 4.90 Å². The van der Waals surface area contributed by atoms with E-state index in [9.17, 15) is 0 Å². The molecular weight excluding hydrogens is 358 g/mol. The SMILES string of the molecule is Cc1nn(-c2ccccn2)c(C)c1N1CCN(Cc2ccc(C(C)C)cc2)CC1. The first kappa shape index (κ1) is 19.6. The Morgan fingerprint density at radius 1 is 0.931 bits per heavy atom. The van der Waals surface area contributed by atoms with E-state index in [0.29, 0.717) is 5.92 Å². The van der Waals surface area contributed by atoms with Crippen molar-refractivity contribution in [3.05, 3.63) is 71.2 Å². The Balaban J connectivity index is 1.42. The molecule has 5 heteroatoms. The number of benzene rings is 1. The van der Waals surface area contributed by atoms with Gasteiger partial charge in [-0.1, -0.05) is 44.2 Å². The molecule has 1 aromatic carbocycles. The normalized spacial score (nSPS) is 15.3. The van der Waals surface area contributed by atoms with Gasteiger partial charge in [-0.15, -0.1) is 0 Å². The van der Waals surface area contributed by atoms with Gasteiger partial charge in [0.2, 0.25) is 0 Å². The molecule has 0 unspecified atom stereocenters. The van der Waals surface area contributed by atoms with E-state index in [-0.39, 0.29) is 0 Å². The second-order valence-electron chi connectivity index (χ2n) is 8.28. The van der Waals surface area contributed by atoms with Crippen LogP contribution in [0.2, 0.25) is 0 Å². The molecule has 0 radical (unpaired) electrons. The number of aryl methyl sites for hydroxylation is 1. The average Bonchev–Trinajstić information content (AvgIpc) is 3.04. The summed E-state index contributed by atoms with van der Waals surface area (Å²) >= 11 is 0. The Morgan fingerprint density at radius 2 is 1.66 bits per heavy atom. The molecule has 0 bridgehead atoms. The van der Waals surface area contributed by atoms with E-state index in [2.05, 4.69) is 66.7 Å². The predicted octanol–water partition coefficient (Wildman–Crippen LogP) is 4.33. The molecule has 1 saturated heterocycles. The minimum absolute atomic E-state index is 0.589. The topological polar surface area (TPSA) is 37.2 Å². The summed E-state index contributed by atoms with van der Waals surface area (Å²) in [4.78, 5) is 9.49. The Bertz CT molecular complexity index is 935. The molecule has 0 aliphatic carbocycles. The third-order valence-electron chi connectivity index (χ3n) is 5.86. The molecule has 0 spiro atoms. The fourth-order valence-electron chi connectivity index (χ4n) is 4.19. The van der Waals surface area contributed by atoms with Crippen molar-refractivity contribution in [3.63, 3.8) is 0 Å². The van der Waals surface area contributed by atoms with Gasteiger partial charge in [-0.3, -0.25) is 4.90 Å². The van der Waals surface area contributed by atoms with Crippen LogP contribution in [0.15, 0.2) is 48.7 Å². The molecule has 3 heterocycles. The van der Waals surface area contributed by atoms with Crippen LogP contribution in [0.25, 0.3) is 5.82 Å². The van der Waals surface area contributed by atoms with E-state index in [0.717, 1.165) is 44.2 Å². The van der Waals surface area contributed by atoms with Crippen LogP contribution in [-0.4, -0.2) is 45.8 Å². The van der Waals surface area contributed by atoms with Crippen LogP contribution in [-0.2, 0) is 6.54 Å². The van der Waals surface area contributed by atoms with Crippen LogP contribution in [0, 0.1) is 13.8 Å². The van der Waals surface area contributed by atoms with Crippen LogP contribution in [0.1, 0.15) is 42.3 Å². The molecule has 5 nitrogen and oxygen atoms in total. The first-order chi connectivity index (χ1) is 14.0. The molecule has 1 aliphatic rings. The second-order valence-corrected chi connectivity index (χ2v) is 8.28. The highest BCUT2D eigenvalue weighted by molar-refractivity contribution is 5.56. The van der Waals surface area contributed by atoms with E-state index in [1.165, 1.54) is 22.5 Å². The molecular formula is C24H31N5. The van der Waals surface area contributed by atoms with Crippen molar-refractivity contribution in [2.75, 3.05) is 31.1 Å². The summed E-state index contributed by atoms with van der Waals surface area (Å²) < 4.78 is 1.97. The number of anilines is 1. The number of aromatic nitrogens is 3. The van der Waals surface area contributed by atoms with Gasteiger partial charge >= 0.3 is 0 Å². The summed E-state index contributed by atoms with van der Waals surface area (Å²) in [6, 6.07) is 15.1. The number of rotatable bonds is 5. The summed E-state index contributed by atoms with van der Waals surface area (Å²) in [5.41, 5.74) is 6.31. The van der Waals surface area contributed by atoms with Gasteiger partial charge in [-0.05, 0) is 43.0 Å². The predicted molar refractivity (Wildman–Crippen MR) is 119 cm³/mol. The van der Waals surface area contributed by atoms with Crippen molar-refractivity contribution < 1.29 is 0 Å². The highest BCUT2D eigenvalue weighted by atomic mass is 15.4. The highest BCUT2D eigenvalue weighted by Crippen LogP contribution is 2.27. The maximum atomic E-state index is 4.76. The van der Waals surface area contributed by atoms with Crippen molar-refractivity contribution in [2.24, 2.45) is 0 Å². The Kier molecular flexibility index (Phi) is 5.67. The number of nitrogens with zero attached hydrogens (tertiary/aromatic N) is 5. The first-order valence-corrected chi connectivity index (χ1v) is 10.6. The molecule has 3 aromatic rings. The van der Waals surface area contributed by atoms with Crippen molar-refractivity contribution in [3.8, 4) is 5.82 Å². The van der Waals surface area contributed by atoms with E-state index in [1.807, 2.05) is 29.1 Å². The van der Waals surface area contributed by atoms with Crippen molar-refractivity contribution in [2.45, 2.75) is 40.2 Å². The van der Waals surface area contributed by atoms with Crippen molar-refractivity contribution >= 4 is 5.69 Å². The van der Waals surface area contributed by atoms with Gasteiger partial charge in [-0.25, -0.2) is 9.67 Å². The third-order valence-corrected chi connectivity index (χ3v) is 5.86. The molecule has 1 fully saturated rings. The number of hydrogen-bond acceptors (Lipinski definition) is 4. The lowest BCUT2D eigenvalue weighted by atomic mass is 10.0. The zero-order chi connectivity index (χ0) is 20.4. The molecule has 0 atom stereocenters. The molecule has 0 amide bonds. The lowest BCUT2D eigenvalue weighted by molar-refractivity contribution is 0.249. The van der Waals surface area contributed by atoms with Gasteiger partial charge in [0, 0.05) is 38.9 Å². The van der Waals surface area contributed by atoms with E-state index in [4.69, 9.17) is 5.10 Å². The van der Waals surface area contributed by atoms with Crippen LogP contribution in [0.5, 0.6) is 0 Å². The third kappa shape index (κ3) is 4.20. The summed E-state index contributed by atoms with van der Waals surface area (Å²) in [5, 5.41) is 4.76. The molecule has 2 aromatic heterocycles. The largest absolute Gasteiger partial charge is 0.366 e. The number of pyridine rings is 1. The molecule has 0 saturated carbocycles. The zero-order valence-corrected chi connectivity index (χ0v) is 18.0. The average molecular weight is 390 g/mol. The molecule has 29 heavy (non-hydrogen) atoms. The quantitative estimate of drug-likeness (QED) is 0.651. The van der Waals surface area contributed by atoms with Crippen LogP contribution in [0.3, 0.4) is 0 Å². The smallest absolute Gasteiger partial charge is 0.153 e. The van der Waals surface area contributed by atoms with Gasteiger partial charge in [0.05, 0.1) is 17.1 Å². The van der Waals surface area contributed by atoms with Gasteiger partial charge in [-0.2, -0.15) is 5.10 Å². The lowest BCUT2D eigenvalue weighted by Gasteiger charge is -2.36. The van der Waals surface area contributed by atoms with Gasteiger partial charge in [0.15, 0.2) is 5.82 Å². The van der Waals surface area contributed by atoms with Crippen LogP contribution >= 0.6 is 0 Å². The maximum Gasteiger partial charge on any atom is 0.153 e. The zero-order valence-electron chi connectivity index (χ0n) is 18.0. The molecule has 0 N–H and O–H groups in total. The molecule has 4 rings (SSSR count). The van der Waals surface area contributed by atoms with Gasteiger partial charge in [0.25, 0.3) is 0 Å². The number of piperazine rings is 1. The monoisotopic (exact) mass is 389 g/mol. The Hall–Kier alpha value is -2.66. The number of hydrogen-bond donors (Lipinski definition) is 0. The fraction of sp³-hybridized carbons (Fsp3) is 0.417. The van der Waals surface area contributed by atoms with Gasteiger partial charge < -0.3 is 4.90 Å². The highest BCUT2D eigenvalue weighted by Gasteiger charge is 2.23. The minimum atomic E-state index is 0.589. The lowest BCUT2D eigenvalue weighted by Crippen LogP contribution is -2.46. The van der Waals surface area contributed by atoms with E-state index >= 15 is 0 Å². The van der Waals surface area contributed by atoms with Crippen molar-refractivity contribution in [1.82, 2.24) is 19.7 Å².